The summed E-state index contributed by atoms with van der Waals surface area (Å²) in [5, 5.41) is 2.89. The van der Waals surface area contributed by atoms with Gasteiger partial charge in [0.2, 0.25) is 5.91 Å². The molecule has 21 heavy (non-hydrogen) atoms. The Bertz CT molecular complexity index is 422. The van der Waals surface area contributed by atoms with Crippen LogP contribution in [0.15, 0.2) is 30.3 Å². The number of hydrogen-bond donors (Lipinski definition) is 2. The molecule has 1 amide bonds. The van der Waals surface area contributed by atoms with Gasteiger partial charge in [0.1, 0.15) is 0 Å². The van der Waals surface area contributed by atoms with E-state index in [-0.39, 0.29) is 11.9 Å². The monoisotopic (exact) mass is 308 g/mol. The van der Waals surface area contributed by atoms with Crippen molar-refractivity contribution in [1.29, 1.82) is 0 Å². The number of thioether (sulfide) groups is 1. The molecule has 2 atom stereocenters. The van der Waals surface area contributed by atoms with Crippen LogP contribution in [0, 0.1) is 0 Å². The summed E-state index contributed by atoms with van der Waals surface area (Å²) in [6.45, 7) is 1.34. The van der Waals surface area contributed by atoms with Gasteiger partial charge in [-0.15, -0.1) is 11.8 Å². The van der Waals surface area contributed by atoms with Crippen LogP contribution in [-0.4, -0.2) is 36.7 Å². The molecular formula is C16H24N2O2S. The van der Waals surface area contributed by atoms with Crippen LogP contribution < -0.4 is 11.1 Å². The number of carbonyl (C=O) groups excluding carboxylic acids is 1. The highest BCUT2D eigenvalue weighted by atomic mass is 32.2. The van der Waals surface area contributed by atoms with Crippen molar-refractivity contribution in [1.82, 2.24) is 5.32 Å². The molecule has 116 valence electrons. The van der Waals surface area contributed by atoms with Gasteiger partial charge in [-0.2, -0.15) is 0 Å². The number of nitrogens with one attached hydrogen (secondary N) is 1. The molecule has 1 aromatic rings. The second-order valence-electron chi connectivity index (χ2n) is 5.32. The number of ether oxygens (including phenoxy) is 1. The van der Waals surface area contributed by atoms with Gasteiger partial charge in [0.05, 0.1) is 11.9 Å². The van der Waals surface area contributed by atoms with Gasteiger partial charge in [0.15, 0.2) is 0 Å². The third kappa shape index (κ3) is 6.08. The van der Waals surface area contributed by atoms with Crippen LogP contribution in [0.5, 0.6) is 0 Å². The summed E-state index contributed by atoms with van der Waals surface area (Å²) >= 11 is 1.64. The Morgan fingerprint density at radius 2 is 2.19 bits per heavy atom. The average Bonchev–Trinajstić information content (AvgIpc) is 2.54. The van der Waals surface area contributed by atoms with Crippen molar-refractivity contribution in [3.63, 3.8) is 0 Å². The van der Waals surface area contributed by atoms with Crippen LogP contribution >= 0.6 is 11.8 Å². The van der Waals surface area contributed by atoms with E-state index in [0.29, 0.717) is 18.4 Å². The number of carbonyl (C=O) groups is 1. The predicted octanol–water partition coefficient (Wildman–Crippen LogP) is 2.10. The van der Waals surface area contributed by atoms with Gasteiger partial charge >= 0.3 is 0 Å². The van der Waals surface area contributed by atoms with Crippen LogP contribution in [0.1, 0.15) is 30.9 Å². The van der Waals surface area contributed by atoms with Crippen LogP contribution in [0.4, 0.5) is 0 Å². The van der Waals surface area contributed by atoms with E-state index in [2.05, 4.69) is 5.32 Å². The standard InChI is InChI=1S/C16H24N2O2S/c17-15(13-6-2-1-3-7-13)10-18-16(19)12-21-11-14-8-4-5-9-20-14/h1-3,6-7,14-15H,4-5,8-12,17H2,(H,18,19). The summed E-state index contributed by atoms with van der Waals surface area (Å²) in [6, 6.07) is 9.67. The number of hydrogen-bond acceptors (Lipinski definition) is 4. The highest BCUT2D eigenvalue weighted by molar-refractivity contribution is 7.99. The van der Waals surface area contributed by atoms with Gasteiger partial charge in [-0.1, -0.05) is 30.3 Å². The third-order valence-corrected chi connectivity index (χ3v) is 4.63. The lowest BCUT2D eigenvalue weighted by Gasteiger charge is -2.22. The smallest absolute Gasteiger partial charge is 0.230 e. The van der Waals surface area contributed by atoms with Crippen LogP contribution in [-0.2, 0) is 9.53 Å². The first-order valence-electron chi connectivity index (χ1n) is 7.52. The second kappa shape index (κ2) is 9.07. The maximum absolute atomic E-state index is 11.8. The van der Waals surface area contributed by atoms with Crippen molar-refractivity contribution in [2.45, 2.75) is 31.4 Å². The zero-order valence-electron chi connectivity index (χ0n) is 12.3. The zero-order valence-corrected chi connectivity index (χ0v) is 13.1. The van der Waals surface area contributed by atoms with Crippen molar-refractivity contribution in [2.75, 3.05) is 24.7 Å². The van der Waals surface area contributed by atoms with Gasteiger partial charge in [-0.25, -0.2) is 0 Å². The van der Waals surface area contributed by atoms with E-state index < -0.39 is 0 Å². The minimum Gasteiger partial charge on any atom is -0.377 e. The SMILES string of the molecule is NC(CNC(=O)CSCC1CCCCO1)c1ccccc1. The Kier molecular flexibility index (Phi) is 7.06. The number of nitrogens with two attached hydrogens (primary N) is 1. The third-order valence-electron chi connectivity index (χ3n) is 3.56. The van der Waals surface area contributed by atoms with E-state index >= 15 is 0 Å². The zero-order chi connectivity index (χ0) is 14.9. The van der Waals surface area contributed by atoms with E-state index in [1.165, 1.54) is 12.8 Å². The summed E-state index contributed by atoms with van der Waals surface area (Å²) < 4.78 is 5.64. The van der Waals surface area contributed by atoms with Crippen molar-refractivity contribution < 1.29 is 9.53 Å². The van der Waals surface area contributed by atoms with Crippen LogP contribution in [0.25, 0.3) is 0 Å². The molecule has 0 radical (unpaired) electrons. The Morgan fingerprint density at radius 1 is 1.38 bits per heavy atom. The summed E-state index contributed by atoms with van der Waals surface area (Å²) in [4.78, 5) is 11.8. The summed E-state index contributed by atoms with van der Waals surface area (Å²) in [7, 11) is 0. The quantitative estimate of drug-likeness (QED) is 0.810. The van der Waals surface area contributed by atoms with E-state index in [1.54, 1.807) is 11.8 Å². The fourth-order valence-corrected chi connectivity index (χ4v) is 3.25. The highest BCUT2D eigenvalue weighted by Crippen LogP contribution is 2.17. The first kappa shape index (κ1) is 16.3. The molecule has 5 heteroatoms. The summed E-state index contributed by atoms with van der Waals surface area (Å²) in [5.41, 5.74) is 7.09. The summed E-state index contributed by atoms with van der Waals surface area (Å²) in [5.74, 6) is 1.42. The molecule has 1 aliphatic heterocycles. The molecule has 0 aliphatic carbocycles. The fourth-order valence-electron chi connectivity index (χ4n) is 2.31. The van der Waals surface area contributed by atoms with Crippen molar-refractivity contribution in [2.24, 2.45) is 5.73 Å². The van der Waals surface area contributed by atoms with Crippen LogP contribution in [0.2, 0.25) is 0 Å². The lowest BCUT2D eigenvalue weighted by Crippen LogP contribution is -2.33. The maximum Gasteiger partial charge on any atom is 0.230 e. The molecule has 0 bridgehead atoms. The number of rotatable bonds is 7. The lowest BCUT2D eigenvalue weighted by atomic mass is 10.1. The lowest BCUT2D eigenvalue weighted by molar-refractivity contribution is -0.118. The molecule has 1 aromatic carbocycles. The molecule has 1 heterocycles. The highest BCUT2D eigenvalue weighted by Gasteiger charge is 2.14. The topological polar surface area (TPSA) is 64.3 Å². The Morgan fingerprint density at radius 3 is 2.90 bits per heavy atom. The van der Waals surface area contributed by atoms with Crippen molar-refractivity contribution >= 4 is 17.7 Å². The maximum atomic E-state index is 11.8. The average molecular weight is 308 g/mol. The molecule has 4 nitrogen and oxygen atoms in total. The Hall–Kier alpha value is -1.04. The first-order valence-corrected chi connectivity index (χ1v) is 8.68. The Balaban J connectivity index is 1.59. The molecule has 1 aliphatic rings. The fraction of sp³-hybridized carbons (Fsp3) is 0.562. The largest absolute Gasteiger partial charge is 0.377 e. The molecule has 0 aromatic heterocycles. The van der Waals surface area contributed by atoms with E-state index in [4.69, 9.17) is 10.5 Å². The van der Waals surface area contributed by atoms with E-state index in [1.807, 2.05) is 30.3 Å². The molecule has 2 rings (SSSR count). The van der Waals surface area contributed by atoms with E-state index in [0.717, 1.165) is 24.3 Å². The first-order chi connectivity index (χ1) is 10.3. The molecule has 0 spiro atoms. The van der Waals surface area contributed by atoms with Crippen molar-refractivity contribution in [3.8, 4) is 0 Å². The van der Waals surface area contributed by atoms with Crippen LogP contribution in [0.3, 0.4) is 0 Å². The Labute approximate surface area is 130 Å². The summed E-state index contributed by atoms with van der Waals surface area (Å²) in [6.07, 6.45) is 3.85. The van der Waals surface area contributed by atoms with E-state index in [9.17, 15) is 4.79 Å². The molecule has 0 saturated carbocycles. The van der Waals surface area contributed by atoms with Gasteiger partial charge < -0.3 is 15.8 Å². The minimum absolute atomic E-state index is 0.0437. The van der Waals surface area contributed by atoms with Gasteiger partial charge in [-0.3, -0.25) is 4.79 Å². The van der Waals surface area contributed by atoms with Crippen molar-refractivity contribution in [3.05, 3.63) is 35.9 Å². The second-order valence-corrected chi connectivity index (χ2v) is 6.36. The molecule has 3 N–H and O–H groups in total. The normalized spacial score (nSPS) is 20.0. The molecule has 2 unspecified atom stereocenters. The van der Waals surface area contributed by atoms with Gasteiger partial charge in [0, 0.05) is 24.9 Å². The van der Waals surface area contributed by atoms with Gasteiger partial charge in [0.25, 0.3) is 0 Å². The minimum atomic E-state index is -0.151. The number of amides is 1. The molecular weight excluding hydrogens is 284 g/mol. The number of benzene rings is 1. The van der Waals surface area contributed by atoms with Gasteiger partial charge in [-0.05, 0) is 24.8 Å². The predicted molar refractivity (Wildman–Crippen MR) is 87.3 cm³/mol. The molecule has 1 fully saturated rings. The molecule has 1 saturated heterocycles.